The van der Waals surface area contributed by atoms with Crippen molar-refractivity contribution in [3.63, 3.8) is 0 Å². The number of nitrogens with one attached hydrogen (secondary N) is 1. The number of alkyl halides is 3. The zero-order chi connectivity index (χ0) is 23.0. The minimum atomic E-state index is -4.52. The molecule has 0 aliphatic heterocycles. The molecule has 1 amide bonds. The van der Waals surface area contributed by atoms with Gasteiger partial charge < -0.3 is 5.32 Å². The lowest BCUT2D eigenvalue weighted by Crippen LogP contribution is -2.14. The molecule has 5 rings (SSSR count). The smallest absolute Gasteiger partial charge is 0.322 e. The molecule has 33 heavy (non-hydrogen) atoms. The Kier molecular flexibility index (Phi) is 5.14. The maximum Gasteiger partial charge on any atom is 0.416 e. The summed E-state index contributed by atoms with van der Waals surface area (Å²) in [6, 6.07) is 18.6. The molecule has 0 aliphatic rings. The Hall–Kier alpha value is -4.05. The summed E-state index contributed by atoms with van der Waals surface area (Å²) in [5.74, 6) is -0.0173. The van der Waals surface area contributed by atoms with Crippen molar-refractivity contribution in [2.24, 2.45) is 0 Å². The molecular weight excluding hydrogens is 451 g/mol. The number of thiophene rings is 1. The number of benzene rings is 2. The third-order valence-electron chi connectivity index (χ3n) is 4.87. The summed E-state index contributed by atoms with van der Waals surface area (Å²) >= 11 is 1.53. The first-order valence-corrected chi connectivity index (χ1v) is 10.6. The lowest BCUT2D eigenvalue weighted by atomic mass is 10.1. The van der Waals surface area contributed by atoms with E-state index in [1.165, 1.54) is 23.5 Å². The van der Waals surface area contributed by atoms with E-state index in [4.69, 9.17) is 0 Å². The highest BCUT2D eigenvalue weighted by molar-refractivity contribution is 7.13. The van der Waals surface area contributed by atoms with Crippen LogP contribution in [0.2, 0.25) is 0 Å². The van der Waals surface area contributed by atoms with E-state index >= 15 is 0 Å². The van der Waals surface area contributed by atoms with Crippen molar-refractivity contribution in [3.05, 3.63) is 89.3 Å². The van der Waals surface area contributed by atoms with Crippen LogP contribution in [0.3, 0.4) is 0 Å². The molecular formula is C23H14F3N5OS. The summed E-state index contributed by atoms with van der Waals surface area (Å²) in [7, 11) is 0. The van der Waals surface area contributed by atoms with Gasteiger partial charge in [-0.2, -0.15) is 22.8 Å². The molecule has 0 radical (unpaired) electrons. The molecule has 5 aromatic rings. The number of hydrogen-bond donors (Lipinski definition) is 1. The third-order valence-corrected chi connectivity index (χ3v) is 5.74. The summed E-state index contributed by atoms with van der Waals surface area (Å²) in [5, 5.41) is 17.6. The van der Waals surface area contributed by atoms with Crippen molar-refractivity contribution in [2.75, 3.05) is 5.32 Å². The maximum atomic E-state index is 13.0. The zero-order valence-electron chi connectivity index (χ0n) is 16.7. The standard InChI is InChI=1S/C23H14F3N5OS/c24-23(25,26)16-6-1-5-15(12-16)22(32)27-17-7-2-4-14(13-17)18-9-10-20-28-29-21(31(20)30-18)19-8-3-11-33-19/h1-13H,(H,27,32). The van der Waals surface area contributed by atoms with E-state index in [9.17, 15) is 18.0 Å². The third kappa shape index (κ3) is 4.20. The molecule has 0 fully saturated rings. The van der Waals surface area contributed by atoms with E-state index < -0.39 is 17.6 Å². The van der Waals surface area contributed by atoms with Crippen LogP contribution in [-0.4, -0.2) is 25.7 Å². The van der Waals surface area contributed by atoms with Crippen LogP contribution < -0.4 is 5.32 Å². The number of halogens is 3. The Bertz CT molecular complexity index is 1460. The van der Waals surface area contributed by atoms with Crippen molar-refractivity contribution in [1.29, 1.82) is 0 Å². The molecule has 0 saturated heterocycles. The Morgan fingerprint density at radius 3 is 2.58 bits per heavy atom. The predicted molar refractivity (Wildman–Crippen MR) is 119 cm³/mol. The second-order valence-corrected chi connectivity index (χ2v) is 8.05. The summed E-state index contributed by atoms with van der Waals surface area (Å²) in [6.07, 6.45) is -4.52. The SMILES string of the molecule is O=C(Nc1cccc(-c2ccc3nnc(-c4cccs4)n3n2)c1)c1cccc(C(F)(F)F)c1. The fraction of sp³-hybridized carbons (Fsp3) is 0.0435. The molecule has 0 bridgehead atoms. The molecule has 2 aromatic carbocycles. The van der Waals surface area contributed by atoms with Crippen LogP contribution in [0.1, 0.15) is 15.9 Å². The maximum absolute atomic E-state index is 13.0. The average Bonchev–Trinajstić information content (AvgIpc) is 3.48. The molecule has 164 valence electrons. The number of carbonyl (C=O) groups excluding carboxylic acids is 1. The zero-order valence-corrected chi connectivity index (χ0v) is 17.6. The van der Waals surface area contributed by atoms with E-state index in [0.29, 0.717) is 28.4 Å². The molecule has 0 unspecified atom stereocenters. The van der Waals surface area contributed by atoms with Gasteiger partial charge in [-0.25, -0.2) is 0 Å². The normalized spacial score (nSPS) is 11.6. The Morgan fingerprint density at radius 2 is 1.79 bits per heavy atom. The van der Waals surface area contributed by atoms with Crippen molar-refractivity contribution in [3.8, 4) is 22.0 Å². The quantitative estimate of drug-likeness (QED) is 0.365. The first kappa shape index (κ1) is 20.8. The first-order chi connectivity index (χ1) is 15.9. The van der Waals surface area contributed by atoms with Gasteiger partial charge in [-0.1, -0.05) is 24.3 Å². The predicted octanol–water partition coefficient (Wildman–Crippen LogP) is 5.79. The molecule has 3 aromatic heterocycles. The number of fused-ring (bicyclic) bond motifs is 1. The summed E-state index contributed by atoms with van der Waals surface area (Å²) in [5.41, 5.74) is 1.40. The van der Waals surface area contributed by atoms with Crippen LogP contribution in [0.5, 0.6) is 0 Å². The summed E-state index contributed by atoms with van der Waals surface area (Å²) in [6.45, 7) is 0. The minimum Gasteiger partial charge on any atom is -0.322 e. The highest BCUT2D eigenvalue weighted by Crippen LogP contribution is 2.30. The van der Waals surface area contributed by atoms with Gasteiger partial charge in [0.1, 0.15) is 0 Å². The summed E-state index contributed by atoms with van der Waals surface area (Å²) in [4.78, 5) is 13.5. The number of aromatic nitrogens is 4. The number of nitrogens with zero attached hydrogens (tertiary/aromatic N) is 4. The fourth-order valence-corrected chi connectivity index (χ4v) is 3.99. The summed E-state index contributed by atoms with van der Waals surface area (Å²) < 4.78 is 40.5. The lowest BCUT2D eigenvalue weighted by molar-refractivity contribution is -0.137. The second kappa shape index (κ2) is 8.14. The minimum absolute atomic E-state index is 0.0835. The number of amides is 1. The van der Waals surface area contributed by atoms with Gasteiger partial charge in [0.2, 0.25) is 0 Å². The van der Waals surface area contributed by atoms with Gasteiger partial charge in [-0.15, -0.1) is 21.5 Å². The van der Waals surface area contributed by atoms with Crippen LogP contribution in [0.15, 0.2) is 78.2 Å². The highest BCUT2D eigenvalue weighted by Gasteiger charge is 2.30. The van der Waals surface area contributed by atoms with Gasteiger partial charge in [-0.05, 0) is 53.9 Å². The Labute approximate surface area is 189 Å². The van der Waals surface area contributed by atoms with Gasteiger partial charge in [0.25, 0.3) is 5.91 Å². The van der Waals surface area contributed by atoms with Gasteiger partial charge in [0, 0.05) is 16.8 Å². The topological polar surface area (TPSA) is 72.2 Å². The van der Waals surface area contributed by atoms with E-state index in [-0.39, 0.29) is 5.56 Å². The molecule has 0 aliphatic carbocycles. The molecule has 0 saturated carbocycles. The van der Waals surface area contributed by atoms with Crippen LogP contribution in [0.4, 0.5) is 18.9 Å². The van der Waals surface area contributed by atoms with Crippen LogP contribution in [-0.2, 0) is 6.18 Å². The van der Waals surface area contributed by atoms with E-state index in [1.54, 1.807) is 34.8 Å². The number of hydrogen-bond acceptors (Lipinski definition) is 5. The van der Waals surface area contributed by atoms with E-state index in [1.807, 2.05) is 23.6 Å². The highest BCUT2D eigenvalue weighted by atomic mass is 32.1. The van der Waals surface area contributed by atoms with E-state index in [0.717, 1.165) is 17.0 Å². The van der Waals surface area contributed by atoms with E-state index in [2.05, 4.69) is 20.6 Å². The van der Waals surface area contributed by atoms with Gasteiger partial charge in [-0.3, -0.25) is 4.79 Å². The van der Waals surface area contributed by atoms with Crippen molar-refractivity contribution >= 4 is 28.6 Å². The fourth-order valence-electron chi connectivity index (χ4n) is 3.30. The first-order valence-electron chi connectivity index (χ1n) is 9.74. The molecule has 6 nitrogen and oxygen atoms in total. The Morgan fingerprint density at radius 1 is 0.939 bits per heavy atom. The largest absolute Gasteiger partial charge is 0.416 e. The molecule has 10 heteroatoms. The molecule has 0 spiro atoms. The number of rotatable bonds is 4. The van der Waals surface area contributed by atoms with Crippen molar-refractivity contribution in [2.45, 2.75) is 6.18 Å². The molecule has 0 atom stereocenters. The lowest BCUT2D eigenvalue weighted by Gasteiger charge is -2.10. The molecule has 1 N–H and O–H groups in total. The average molecular weight is 465 g/mol. The van der Waals surface area contributed by atoms with Crippen molar-refractivity contribution in [1.82, 2.24) is 19.8 Å². The van der Waals surface area contributed by atoms with Crippen LogP contribution in [0.25, 0.3) is 27.6 Å². The Balaban J connectivity index is 1.43. The number of carbonyl (C=O) groups is 1. The van der Waals surface area contributed by atoms with Crippen molar-refractivity contribution < 1.29 is 18.0 Å². The van der Waals surface area contributed by atoms with Gasteiger partial charge in [0.05, 0.1) is 16.1 Å². The van der Waals surface area contributed by atoms with Gasteiger partial charge in [0.15, 0.2) is 11.5 Å². The second-order valence-electron chi connectivity index (χ2n) is 7.10. The van der Waals surface area contributed by atoms with Crippen LogP contribution in [0, 0.1) is 0 Å². The van der Waals surface area contributed by atoms with Gasteiger partial charge >= 0.3 is 6.18 Å². The van der Waals surface area contributed by atoms with Crippen LogP contribution >= 0.6 is 11.3 Å². The number of anilines is 1. The monoisotopic (exact) mass is 465 g/mol. The molecule has 3 heterocycles.